The molecule has 1 heterocycles. The van der Waals surface area contributed by atoms with E-state index in [9.17, 15) is 13.2 Å². The lowest BCUT2D eigenvalue weighted by Crippen LogP contribution is -2.33. The zero-order chi connectivity index (χ0) is 15.6. The lowest BCUT2D eigenvalue weighted by Gasteiger charge is -2.14. The van der Waals surface area contributed by atoms with Crippen molar-refractivity contribution in [3.63, 3.8) is 0 Å². The Hall–Kier alpha value is -1.01. The minimum absolute atomic E-state index is 0.0116. The molecule has 1 aliphatic rings. The summed E-state index contributed by atoms with van der Waals surface area (Å²) in [4.78, 5) is 12.3. The Morgan fingerprint density at radius 3 is 2.71 bits per heavy atom. The van der Waals surface area contributed by atoms with E-state index in [-0.39, 0.29) is 22.9 Å². The summed E-state index contributed by atoms with van der Waals surface area (Å²) in [5.41, 5.74) is 0.375. The van der Waals surface area contributed by atoms with E-state index < -0.39 is 9.05 Å². The molecule has 2 rings (SSSR count). The van der Waals surface area contributed by atoms with Crippen LogP contribution in [0.3, 0.4) is 0 Å². The van der Waals surface area contributed by atoms with Crippen molar-refractivity contribution in [1.82, 2.24) is 9.88 Å². The summed E-state index contributed by atoms with van der Waals surface area (Å²) in [6.45, 7) is 4.06. The van der Waals surface area contributed by atoms with E-state index in [4.69, 9.17) is 10.7 Å². The molecule has 1 atom stereocenters. The first-order valence-electron chi connectivity index (χ1n) is 7.30. The normalized spacial score (nSPS) is 16.7. The SMILES string of the molecule is CCCCC(C)NC(=O)c1cc(S(=O)(=O)Cl)cn1C1CC1. The molecule has 1 unspecified atom stereocenters. The van der Waals surface area contributed by atoms with Crippen molar-refractivity contribution in [2.24, 2.45) is 0 Å². The van der Waals surface area contributed by atoms with Crippen LogP contribution in [0, 0.1) is 0 Å². The number of nitrogens with zero attached hydrogens (tertiary/aromatic N) is 1. The van der Waals surface area contributed by atoms with Gasteiger partial charge in [0.2, 0.25) is 0 Å². The maximum Gasteiger partial charge on any atom is 0.268 e. The van der Waals surface area contributed by atoms with Crippen LogP contribution in [0.1, 0.15) is 62.5 Å². The highest BCUT2D eigenvalue weighted by Crippen LogP contribution is 2.37. The fourth-order valence-corrected chi connectivity index (χ4v) is 3.05. The van der Waals surface area contributed by atoms with Crippen molar-refractivity contribution < 1.29 is 13.2 Å². The van der Waals surface area contributed by atoms with Gasteiger partial charge in [0, 0.05) is 29.0 Å². The lowest BCUT2D eigenvalue weighted by atomic mass is 10.1. The smallest absolute Gasteiger partial charge is 0.268 e. The number of amides is 1. The number of hydrogen-bond donors (Lipinski definition) is 1. The van der Waals surface area contributed by atoms with Crippen LogP contribution in [0.2, 0.25) is 0 Å². The highest BCUT2D eigenvalue weighted by molar-refractivity contribution is 8.13. The zero-order valence-corrected chi connectivity index (χ0v) is 13.9. The van der Waals surface area contributed by atoms with Crippen LogP contribution in [0.25, 0.3) is 0 Å². The predicted molar refractivity (Wildman–Crippen MR) is 82.2 cm³/mol. The fourth-order valence-electron chi connectivity index (χ4n) is 2.30. The molecule has 118 valence electrons. The van der Waals surface area contributed by atoms with Crippen LogP contribution in [0.15, 0.2) is 17.2 Å². The Labute approximate surface area is 130 Å². The zero-order valence-electron chi connectivity index (χ0n) is 12.3. The molecule has 21 heavy (non-hydrogen) atoms. The number of carbonyl (C=O) groups is 1. The second kappa shape index (κ2) is 6.40. The number of carbonyl (C=O) groups excluding carboxylic acids is 1. The van der Waals surface area contributed by atoms with Gasteiger partial charge in [-0.1, -0.05) is 19.8 Å². The molecule has 1 aromatic heterocycles. The van der Waals surface area contributed by atoms with Crippen LogP contribution in [0.5, 0.6) is 0 Å². The van der Waals surface area contributed by atoms with Crippen LogP contribution in [-0.2, 0) is 9.05 Å². The topological polar surface area (TPSA) is 68.2 Å². The average molecular weight is 333 g/mol. The summed E-state index contributed by atoms with van der Waals surface area (Å²) < 4.78 is 24.6. The third-order valence-corrected chi connectivity index (χ3v) is 4.97. The second-order valence-electron chi connectivity index (χ2n) is 5.65. The number of halogens is 1. The van der Waals surface area contributed by atoms with Crippen molar-refractivity contribution >= 4 is 25.6 Å². The van der Waals surface area contributed by atoms with Gasteiger partial charge in [-0.25, -0.2) is 8.42 Å². The van der Waals surface area contributed by atoms with Crippen LogP contribution < -0.4 is 5.32 Å². The van der Waals surface area contributed by atoms with Crippen LogP contribution in [0.4, 0.5) is 0 Å². The Kier molecular flexibility index (Phi) is 4.99. The second-order valence-corrected chi connectivity index (χ2v) is 8.22. The number of hydrogen-bond acceptors (Lipinski definition) is 3. The van der Waals surface area contributed by atoms with E-state index >= 15 is 0 Å². The molecule has 0 saturated heterocycles. The fraction of sp³-hybridized carbons (Fsp3) is 0.643. The van der Waals surface area contributed by atoms with Crippen molar-refractivity contribution in [2.45, 2.75) is 62.9 Å². The molecule has 0 radical (unpaired) electrons. The van der Waals surface area contributed by atoms with Gasteiger partial charge in [0.15, 0.2) is 0 Å². The number of nitrogens with one attached hydrogen (secondary N) is 1. The van der Waals surface area contributed by atoms with Gasteiger partial charge in [-0.15, -0.1) is 0 Å². The van der Waals surface area contributed by atoms with Gasteiger partial charge in [-0.2, -0.15) is 0 Å². The molecular weight excluding hydrogens is 312 g/mol. The summed E-state index contributed by atoms with van der Waals surface area (Å²) in [6.07, 6.45) is 6.42. The summed E-state index contributed by atoms with van der Waals surface area (Å²) in [6, 6.07) is 1.64. The standard InChI is InChI=1S/C14H21ClN2O3S/c1-3-4-5-10(2)16-14(18)13-8-12(21(15,19)20)9-17(13)11-6-7-11/h8-11H,3-7H2,1-2H3,(H,16,18). The molecule has 0 spiro atoms. The third-order valence-electron chi connectivity index (χ3n) is 3.65. The Morgan fingerprint density at radius 2 is 2.19 bits per heavy atom. The Balaban J connectivity index is 2.18. The third kappa shape index (κ3) is 4.23. The summed E-state index contributed by atoms with van der Waals surface area (Å²) in [7, 11) is 1.56. The van der Waals surface area contributed by atoms with Crippen LogP contribution >= 0.6 is 10.7 Å². The minimum atomic E-state index is -3.82. The number of unbranched alkanes of at least 4 members (excludes halogenated alkanes) is 1. The van der Waals surface area contributed by atoms with E-state index in [1.807, 2.05) is 6.92 Å². The van der Waals surface area contributed by atoms with Gasteiger partial charge in [-0.05, 0) is 32.3 Å². The molecule has 1 saturated carbocycles. The van der Waals surface area contributed by atoms with E-state index in [2.05, 4.69) is 12.2 Å². The lowest BCUT2D eigenvalue weighted by molar-refractivity contribution is 0.0928. The highest BCUT2D eigenvalue weighted by atomic mass is 35.7. The van der Waals surface area contributed by atoms with Crippen molar-refractivity contribution in [3.05, 3.63) is 18.0 Å². The first-order valence-corrected chi connectivity index (χ1v) is 9.61. The molecule has 1 aliphatic carbocycles. The molecule has 0 aliphatic heterocycles. The molecule has 0 bridgehead atoms. The van der Waals surface area contributed by atoms with Gasteiger partial charge in [0.1, 0.15) is 10.6 Å². The average Bonchev–Trinajstić information content (AvgIpc) is 3.13. The van der Waals surface area contributed by atoms with Crippen molar-refractivity contribution in [1.29, 1.82) is 0 Å². The monoisotopic (exact) mass is 332 g/mol. The van der Waals surface area contributed by atoms with Gasteiger partial charge >= 0.3 is 0 Å². The summed E-state index contributed by atoms with van der Waals surface area (Å²) >= 11 is 0. The molecule has 0 aromatic carbocycles. The molecule has 1 aromatic rings. The Morgan fingerprint density at radius 1 is 1.52 bits per heavy atom. The van der Waals surface area contributed by atoms with E-state index in [1.165, 1.54) is 12.3 Å². The predicted octanol–water partition coefficient (Wildman–Crippen LogP) is 3.06. The van der Waals surface area contributed by atoms with Gasteiger partial charge in [-0.3, -0.25) is 4.79 Å². The largest absolute Gasteiger partial charge is 0.348 e. The molecule has 1 N–H and O–H groups in total. The first kappa shape index (κ1) is 16.4. The molecule has 1 fully saturated rings. The Bertz CT molecular complexity index is 620. The summed E-state index contributed by atoms with van der Waals surface area (Å²) in [5.74, 6) is -0.239. The molecule has 1 amide bonds. The van der Waals surface area contributed by atoms with E-state index in [0.717, 1.165) is 32.1 Å². The molecule has 5 nitrogen and oxygen atoms in total. The quantitative estimate of drug-likeness (QED) is 0.780. The maximum atomic E-state index is 12.3. The maximum absolute atomic E-state index is 12.3. The van der Waals surface area contributed by atoms with Crippen LogP contribution in [-0.4, -0.2) is 24.9 Å². The van der Waals surface area contributed by atoms with Gasteiger partial charge < -0.3 is 9.88 Å². The van der Waals surface area contributed by atoms with E-state index in [0.29, 0.717) is 5.69 Å². The van der Waals surface area contributed by atoms with Gasteiger partial charge in [0.25, 0.3) is 15.0 Å². The number of rotatable bonds is 7. The highest BCUT2D eigenvalue weighted by Gasteiger charge is 2.30. The molecule has 7 heteroatoms. The van der Waals surface area contributed by atoms with Gasteiger partial charge in [0.05, 0.1) is 0 Å². The van der Waals surface area contributed by atoms with Crippen molar-refractivity contribution in [2.75, 3.05) is 0 Å². The summed E-state index contributed by atoms with van der Waals surface area (Å²) in [5, 5.41) is 2.92. The van der Waals surface area contributed by atoms with E-state index in [1.54, 1.807) is 4.57 Å². The molecular formula is C14H21ClN2O3S. The van der Waals surface area contributed by atoms with Crippen molar-refractivity contribution in [3.8, 4) is 0 Å². The minimum Gasteiger partial charge on any atom is -0.348 e. The number of aromatic nitrogens is 1. The first-order chi connectivity index (χ1) is 9.82.